The molecule has 48 heavy (non-hydrogen) atoms. The molecule has 4 aromatic rings. The van der Waals surface area contributed by atoms with Gasteiger partial charge in [0.1, 0.15) is 5.82 Å². The molecule has 2 aromatic heterocycles. The zero-order chi connectivity index (χ0) is 32.9. The Morgan fingerprint density at radius 3 is 2.31 bits per heavy atom. The largest absolute Gasteiger partial charge is 0.372 e. The van der Waals surface area contributed by atoms with Gasteiger partial charge < -0.3 is 20.0 Å². The first-order chi connectivity index (χ1) is 23.5. The summed E-state index contributed by atoms with van der Waals surface area (Å²) in [5.74, 6) is 0.563. The van der Waals surface area contributed by atoms with Crippen molar-refractivity contribution in [2.24, 2.45) is 5.92 Å². The van der Waals surface area contributed by atoms with E-state index in [0.29, 0.717) is 32.7 Å². The maximum Gasteiger partial charge on any atom is 0.256 e. The van der Waals surface area contributed by atoms with Gasteiger partial charge in [-0.15, -0.1) is 11.3 Å². The van der Waals surface area contributed by atoms with Crippen LogP contribution in [0.5, 0.6) is 0 Å². The number of halogens is 2. The number of hydrogen-bond acceptors (Lipinski definition) is 9. The molecule has 0 atom stereocenters. The molecule has 9 nitrogen and oxygen atoms in total. The number of benzene rings is 2. The molecular weight excluding hydrogens is 647 g/mol. The van der Waals surface area contributed by atoms with E-state index in [1.807, 2.05) is 5.38 Å². The maximum absolute atomic E-state index is 14.5. The Morgan fingerprint density at radius 2 is 1.58 bits per heavy atom. The van der Waals surface area contributed by atoms with Crippen molar-refractivity contribution < 1.29 is 9.18 Å². The number of piperidine rings is 1. The summed E-state index contributed by atoms with van der Waals surface area (Å²) in [6.07, 6.45) is 4.28. The molecule has 3 aliphatic rings. The van der Waals surface area contributed by atoms with Crippen LogP contribution < -0.4 is 15.1 Å². The highest BCUT2D eigenvalue weighted by Crippen LogP contribution is 2.28. The lowest BCUT2D eigenvalue weighted by Crippen LogP contribution is -2.49. The number of piperazine rings is 2. The molecule has 0 spiro atoms. The van der Waals surface area contributed by atoms with E-state index in [-0.39, 0.29) is 16.5 Å². The van der Waals surface area contributed by atoms with Gasteiger partial charge in [-0.25, -0.2) is 14.4 Å². The Labute approximate surface area is 290 Å². The Kier molecular flexibility index (Phi) is 10.4. The summed E-state index contributed by atoms with van der Waals surface area (Å²) in [7, 11) is 0. The summed E-state index contributed by atoms with van der Waals surface area (Å²) in [6, 6.07) is 19.7. The highest BCUT2D eigenvalue weighted by molar-refractivity contribution is 7.13. The van der Waals surface area contributed by atoms with E-state index >= 15 is 0 Å². The van der Waals surface area contributed by atoms with Crippen molar-refractivity contribution in [2.75, 3.05) is 87.1 Å². The average molecular weight is 689 g/mol. The minimum absolute atomic E-state index is 0.0248. The van der Waals surface area contributed by atoms with Crippen molar-refractivity contribution in [1.82, 2.24) is 24.7 Å². The number of carbonyl (C=O) groups excluding carboxylic acids is 1. The summed E-state index contributed by atoms with van der Waals surface area (Å²) in [5, 5.41) is 6.14. The minimum atomic E-state index is -0.655. The number of hydrogen-bond donors (Lipinski definition) is 1. The van der Waals surface area contributed by atoms with Crippen LogP contribution in [-0.2, 0) is 6.54 Å². The zero-order valence-electron chi connectivity index (χ0n) is 27.1. The van der Waals surface area contributed by atoms with Gasteiger partial charge in [-0.3, -0.25) is 14.6 Å². The number of nitrogens with one attached hydrogen (secondary N) is 1. The van der Waals surface area contributed by atoms with E-state index in [2.05, 4.69) is 72.4 Å². The Morgan fingerprint density at radius 1 is 0.854 bits per heavy atom. The third-order valence-electron chi connectivity index (χ3n) is 9.75. The van der Waals surface area contributed by atoms with Crippen LogP contribution in [0, 0.1) is 11.7 Å². The van der Waals surface area contributed by atoms with Gasteiger partial charge in [-0.1, -0.05) is 35.9 Å². The molecule has 12 heteroatoms. The Balaban J connectivity index is 0.951. The molecule has 7 rings (SSSR count). The van der Waals surface area contributed by atoms with Crippen LogP contribution in [-0.4, -0.2) is 103 Å². The first kappa shape index (κ1) is 32.8. The lowest BCUT2D eigenvalue weighted by atomic mass is 9.95. The number of thiazole rings is 1. The standard InChI is InChI=1S/C36H42ClFN8OS/c37-32-8-4-7-31(34(32)38)35(47)46-20-16-43(17-21-46)26-28-23-30(24-33(40-28)41-36-39-11-22-48-36)45-18-14-42(15-19-45)25-27-9-12-44(13-10-27)29-5-2-1-3-6-29/h1-8,11,22-24,27H,9-10,12-21,25-26H2,(H,39,40,41). The minimum Gasteiger partial charge on any atom is -0.372 e. The molecule has 0 unspecified atom stereocenters. The second-order valence-corrected chi connectivity index (χ2v) is 14.2. The molecule has 0 saturated carbocycles. The monoisotopic (exact) mass is 688 g/mol. The molecule has 0 aliphatic carbocycles. The number of pyridine rings is 1. The SMILES string of the molecule is O=C(c1cccc(Cl)c1F)N1CCN(Cc2cc(N3CCN(CC4CCN(c5ccccc5)CC4)CC3)cc(Nc3nccs3)n2)CC1. The molecule has 5 heterocycles. The van der Waals surface area contributed by atoms with Gasteiger partial charge in [0.05, 0.1) is 16.3 Å². The highest BCUT2D eigenvalue weighted by Gasteiger charge is 2.27. The molecule has 252 valence electrons. The number of para-hydroxylation sites is 1. The lowest BCUT2D eigenvalue weighted by molar-refractivity contribution is 0.0622. The highest BCUT2D eigenvalue weighted by atomic mass is 35.5. The van der Waals surface area contributed by atoms with Gasteiger partial charge in [0.25, 0.3) is 5.91 Å². The van der Waals surface area contributed by atoms with Crippen LogP contribution in [0.25, 0.3) is 0 Å². The van der Waals surface area contributed by atoms with Crippen molar-refractivity contribution >= 4 is 51.2 Å². The van der Waals surface area contributed by atoms with E-state index in [1.54, 1.807) is 28.5 Å². The number of amides is 1. The second-order valence-electron chi connectivity index (χ2n) is 12.9. The van der Waals surface area contributed by atoms with E-state index in [0.717, 1.165) is 61.8 Å². The van der Waals surface area contributed by atoms with Crippen LogP contribution in [0.4, 0.5) is 26.7 Å². The van der Waals surface area contributed by atoms with Crippen molar-refractivity contribution in [1.29, 1.82) is 0 Å². The first-order valence-electron chi connectivity index (χ1n) is 16.9. The van der Waals surface area contributed by atoms with Crippen LogP contribution in [0.1, 0.15) is 28.9 Å². The fourth-order valence-electron chi connectivity index (χ4n) is 7.04. The van der Waals surface area contributed by atoms with Crippen molar-refractivity contribution in [3.63, 3.8) is 0 Å². The molecule has 3 fully saturated rings. The summed E-state index contributed by atoms with van der Waals surface area (Å²) in [6.45, 7) is 10.5. The molecule has 1 amide bonds. The Bertz CT molecular complexity index is 1650. The third kappa shape index (κ3) is 7.92. The van der Waals surface area contributed by atoms with E-state index < -0.39 is 5.82 Å². The molecule has 3 saturated heterocycles. The second kappa shape index (κ2) is 15.2. The van der Waals surface area contributed by atoms with Crippen LogP contribution in [0.2, 0.25) is 5.02 Å². The number of nitrogens with zero attached hydrogens (tertiary/aromatic N) is 7. The first-order valence-corrected chi connectivity index (χ1v) is 18.1. The normalized spacial score (nSPS) is 18.3. The summed E-state index contributed by atoms with van der Waals surface area (Å²) in [5.41, 5.74) is 3.50. The number of aromatic nitrogens is 2. The van der Waals surface area contributed by atoms with Crippen molar-refractivity contribution in [2.45, 2.75) is 19.4 Å². The van der Waals surface area contributed by atoms with Gasteiger partial charge in [0.15, 0.2) is 10.9 Å². The molecule has 2 aromatic carbocycles. The van der Waals surface area contributed by atoms with Gasteiger partial charge in [-0.05, 0) is 49.1 Å². The van der Waals surface area contributed by atoms with Crippen LogP contribution in [0.15, 0.2) is 72.2 Å². The molecule has 0 bridgehead atoms. The summed E-state index contributed by atoms with van der Waals surface area (Å²) in [4.78, 5) is 34.1. The lowest BCUT2D eigenvalue weighted by Gasteiger charge is -2.40. The fraction of sp³-hybridized carbons (Fsp3) is 0.417. The summed E-state index contributed by atoms with van der Waals surface area (Å²) < 4.78 is 14.5. The molecule has 1 N–H and O–H groups in total. The van der Waals surface area contributed by atoms with E-state index in [4.69, 9.17) is 16.6 Å². The number of carbonyl (C=O) groups is 1. The van der Waals surface area contributed by atoms with Crippen molar-refractivity contribution in [3.8, 4) is 0 Å². The third-order valence-corrected chi connectivity index (χ3v) is 10.7. The predicted octanol–water partition coefficient (Wildman–Crippen LogP) is 6.07. The van der Waals surface area contributed by atoms with Gasteiger partial charge in [0, 0.05) is 108 Å². The maximum atomic E-state index is 14.5. The smallest absolute Gasteiger partial charge is 0.256 e. The molecule has 0 radical (unpaired) electrons. The molecule has 3 aliphatic heterocycles. The Hall–Kier alpha value is -3.77. The zero-order valence-corrected chi connectivity index (χ0v) is 28.7. The van der Waals surface area contributed by atoms with Crippen LogP contribution >= 0.6 is 22.9 Å². The van der Waals surface area contributed by atoms with Gasteiger partial charge in [0.2, 0.25) is 0 Å². The van der Waals surface area contributed by atoms with Gasteiger partial charge in [-0.2, -0.15) is 0 Å². The van der Waals surface area contributed by atoms with Gasteiger partial charge >= 0.3 is 0 Å². The summed E-state index contributed by atoms with van der Waals surface area (Å²) >= 11 is 7.48. The number of rotatable bonds is 9. The molecular formula is C36H42ClFN8OS. The van der Waals surface area contributed by atoms with Crippen molar-refractivity contribution in [3.05, 3.63) is 94.3 Å². The van der Waals surface area contributed by atoms with Crippen LogP contribution in [0.3, 0.4) is 0 Å². The average Bonchev–Trinajstić information content (AvgIpc) is 3.63. The number of anilines is 4. The quantitative estimate of drug-likeness (QED) is 0.227. The van der Waals surface area contributed by atoms with E-state index in [1.165, 1.54) is 42.9 Å². The topological polar surface area (TPSA) is 71.1 Å². The predicted molar refractivity (Wildman–Crippen MR) is 192 cm³/mol. The fourth-order valence-corrected chi connectivity index (χ4v) is 7.75. The van der Waals surface area contributed by atoms with E-state index in [9.17, 15) is 9.18 Å².